The van der Waals surface area contributed by atoms with E-state index >= 15 is 0 Å². The van der Waals surface area contributed by atoms with E-state index in [-0.39, 0.29) is 12.4 Å². The van der Waals surface area contributed by atoms with E-state index in [2.05, 4.69) is 19.7 Å². The number of hydrogen-bond donors (Lipinski definition) is 0. The minimum absolute atomic E-state index is 0.112. The summed E-state index contributed by atoms with van der Waals surface area (Å²) in [6.07, 6.45) is 7.87. The number of anilines is 1. The van der Waals surface area contributed by atoms with E-state index in [0.717, 1.165) is 24.2 Å². The number of quaternary nitrogens is 1. The van der Waals surface area contributed by atoms with Crippen LogP contribution in [0.15, 0.2) is 82.8 Å². The van der Waals surface area contributed by atoms with Gasteiger partial charge in [-0.25, -0.2) is 10.0 Å². The highest BCUT2D eigenvalue weighted by Crippen LogP contribution is 2.40. The van der Waals surface area contributed by atoms with Crippen LogP contribution in [-0.4, -0.2) is 29.5 Å². The molecule has 0 spiro atoms. The van der Waals surface area contributed by atoms with Crippen molar-refractivity contribution in [2.24, 2.45) is 9.98 Å². The third-order valence-electron chi connectivity index (χ3n) is 5.85. The molecule has 0 saturated heterocycles. The van der Waals surface area contributed by atoms with Gasteiger partial charge in [-0.1, -0.05) is 18.2 Å². The average molecular weight is 455 g/mol. The van der Waals surface area contributed by atoms with Gasteiger partial charge in [0.2, 0.25) is 12.0 Å². The molecule has 1 fully saturated rings. The third kappa shape index (κ3) is 4.36. The Balaban J connectivity index is 1.37. The molecule has 2 aromatic carbocycles. The molecule has 6 nitrogen and oxygen atoms in total. The van der Waals surface area contributed by atoms with Gasteiger partial charge in [-0.2, -0.15) is 0 Å². The molecule has 3 aliphatic rings. The first-order valence-corrected chi connectivity index (χ1v) is 10.6. The predicted molar refractivity (Wildman–Crippen MR) is 118 cm³/mol. The standard InChI is InChI=1S/C24H22F3N4O2/c25-24(26,27)33-23-9-1-4-18(12-23)16-32-22-8-3-7-20(13-22)30(19-5-2-6-19)31-11-10-28-14-21(31)15-29-17-31/h1,3-4,7-15,17,19H,2,5-6,16H2/q+1. The van der Waals surface area contributed by atoms with Crippen LogP contribution >= 0.6 is 0 Å². The number of allylic oxidation sites excluding steroid dienone is 1. The van der Waals surface area contributed by atoms with E-state index in [0.29, 0.717) is 21.9 Å². The van der Waals surface area contributed by atoms with Crippen molar-refractivity contribution in [1.29, 1.82) is 0 Å². The van der Waals surface area contributed by atoms with Crippen molar-refractivity contribution in [3.05, 3.63) is 78.4 Å². The number of alkyl halides is 3. The summed E-state index contributed by atoms with van der Waals surface area (Å²) in [7, 11) is 0. The van der Waals surface area contributed by atoms with Crippen LogP contribution in [0, 0.1) is 0 Å². The predicted octanol–water partition coefficient (Wildman–Crippen LogP) is 5.69. The van der Waals surface area contributed by atoms with E-state index in [1.807, 2.05) is 49.2 Å². The molecule has 0 radical (unpaired) electrons. The molecule has 9 heteroatoms. The molecule has 2 heterocycles. The van der Waals surface area contributed by atoms with Gasteiger partial charge in [0.1, 0.15) is 18.1 Å². The average Bonchev–Trinajstić information content (AvgIpc) is 3.19. The van der Waals surface area contributed by atoms with Crippen molar-refractivity contribution < 1.29 is 27.2 Å². The van der Waals surface area contributed by atoms with Crippen molar-refractivity contribution in [2.45, 2.75) is 38.3 Å². The molecule has 1 unspecified atom stereocenters. The molecule has 0 aromatic heterocycles. The number of rotatable bonds is 7. The molecule has 2 aromatic rings. The third-order valence-corrected chi connectivity index (χ3v) is 5.85. The summed E-state index contributed by atoms with van der Waals surface area (Å²) in [4.78, 5) is 8.65. The minimum Gasteiger partial charge on any atom is -0.489 e. The second-order valence-corrected chi connectivity index (χ2v) is 8.04. The van der Waals surface area contributed by atoms with Crippen LogP contribution in [0.5, 0.6) is 11.5 Å². The van der Waals surface area contributed by atoms with Crippen LogP contribution in [0.1, 0.15) is 24.8 Å². The number of fused-ring (bicyclic) bond motifs is 1. The molecule has 0 amide bonds. The van der Waals surface area contributed by atoms with E-state index in [9.17, 15) is 13.2 Å². The first-order chi connectivity index (χ1) is 15.9. The van der Waals surface area contributed by atoms with Crippen LogP contribution < -0.4 is 14.5 Å². The van der Waals surface area contributed by atoms with Gasteiger partial charge < -0.3 is 9.47 Å². The molecule has 33 heavy (non-hydrogen) atoms. The highest BCUT2D eigenvalue weighted by Gasteiger charge is 2.46. The number of aliphatic imine (C=N–C) groups is 2. The Morgan fingerprint density at radius 2 is 1.85 bits per heavy atom. The van der Waals surface area contributed by atoms with Gasteiger partial charge in [0.15, 0.2) is 6.20 Å². The zero-order valence-electron chi connectivity index (χ0n) is 17.7. The first kappa shape index (κ1) is 21.3. The van der Waals surface area contributed by atoms with Crippen LogP contribution in [0.2, 0.25) is 0 Å². The molecule has 170 valence electrons. The van der Waals surface area contributed by atoms with Gasteiger partial charge in [-0.3, -0.25) is 4.99 Å². The summed E-state index contributed by atoms with van der Waals surface area (Å²) in [6.45, 7) is 0.112. The smallest absolute Gasteiger partial charge is 0.489 e. The Bertz CT molecular complexity index is 1150. The zero-order chi connectivity index (χ0) is 22.9. The van der Waals surface area contributed by atoms with Crippen LogP contribution in [-0.2, 0) is 6.61 Å². The van der Waals surface area contributed by atoms with Crippen molar-refractivity contribution in [3.63, 3.8) is 0 Å². The molecule has 1 atom stereocenters. The fourth-order valence-corrected chi connectivity index (χ4v) is 4.15. The fraction of sp³-hybridized carbons (Fsp3) is 0.250. The Kier molecular flexibility index (Phi) is 5.41. The minimum atomic E-state index is -4.73. The monoisotopic (exact) mass is 455 g/mol. The van der Waals surface area contributed by atoms with Crippen LogP contribution in [0.25, 0.3) is 0 Å². The molecule has 1 aliphatic carbocycles. The summed E-state index contributed by atoms with van der Waals surface area (Å²) in [5.74, 6) is 0.351. The summed E-state index contributed by atoms with van der Waals surface area (Å²) in [5.41, 5.74) is 2.50. The fourth-order valence-electron chi connectivity index (χ4n) is 4.15. The molecular formula is C24H22F3N4O2+. The van der Waals surface area contributed by atoms with Gasteiger partial charge >= 0.3 is 6.36 Å². The second kappa shape index (κ2) is 8.40. The first-order valence-electron chi connectivity index (χ1n) is 10.6. The lowest BCUT2D eigenvalue weighted by atomic mass is 9.91. The summed E-state index contributed by atoms with van der Waals surface area (Å²) >= 11 is 0. The van der Waals surface area contributed by atoms with E-state index < -0.39 is 6.36 Å². The number of hydrogen-bond acceptors (Lipinski definition) is 5. The van der Waals surface area contributed by atoms with Crippen LogP contribution in [0.4, 0.5) is 18.9 Å². The SMILES string of the molecule is FC(F)(F)Oc1cccc(COc2cccc(N(C3CCC3)[N+]34C=CN=CC3=CN=C4)c2)c1. The van der Waals surface area contributed by atoms with Gasteiger partial charge in [0.25, 0.3) is 0 Å². The Labute approximate surface area is 189 Å². The lowest BCUT2D eigenvalue weighted by molar-refractivity contribution is -0.746. The number of nitrogens with zero attached hydrogens (tertiary/aromatic N) is 4. The van der Waals surface area contributed by atoms with Crippen molar-refractivity contribution in [3.8, 4) is 11.5 Å². The molecule has 0 N–H and O–H groups in total. The van der Waals surface area contributed by atoms with Gasteiger partial charge in [0, 0.05) is 6.07 Å². The quantitative estimate of drug-likeness (QED) is 0.504. The van der Waals surface area contributed by atoms with Crippen molar-refractivity contribution in [2.75, 3.05) is 5.01 Å². The largest absolute Gasteiger partial charge is 0.573 e. The van der Waals surface area contributed by atoms with E-state index in [4.69, 9.17) is 4.74 Å². The Morgan fingerprint density at radius 3 is 2.64 bits per heavy atom. The second-order valence-electron chi connectivity index (χ2n) is 8.04. The van der Waals surface area contributed by atoms with E-state index in [1.165, 1.54) is 24.6 Å². The number of benzene rings is 2. The normalized spacial score (nSPS) is 21.4. The maximum Gasteiger partial charge on any atom is 0.573 e. The lowest BCUT2D eigenvalue weighted by Gasteiger charge is -2.46. The Hall–Kier alpha value is -3.59. The number of ether oxygens (including phenoxy) is 2. The van der Waals surface area contributed by atoms with Crippen molar-refractivity contribution >= 4 is 18.2 Å². The molecule has 0 bridgehead atoms. The molecule has 5 rings (SSSR count). The maximum atomic E-state index is 12.5. The summed E-state index contributed by atoms with van der Waals surface area (Å²) in [6, 6.07) is 13.9. The molecular weight excluding hydrogens is 433 g/mol. The Morgan fingerprint density at radius 1 is 1.03 bits per heavy atom. The maximum absolute atomic E-state index is 12.5. The van der Waals surface area contributed by atoms with Crippen molar-refractivity contribution in [1.82, 2.24) is 0 Å². The number of halogens is 3. The molecule has 2 aliphatic heterocycles. The summed E-state index contributed by atoms with van der Waals surface area (Å²) < 4.78 is 47.8. The lowest BCUT2D eigenvalue weighted by Crippen LogP contribution is -2.61. The van der Waals surface area contributed by atoms with Gasteiger partial charge in [-0.05, 0) is 49.1 Å². The molecule has 1 saturated carbocycles. The van der Waals surface area contributed by atoms with Gasteiger partial charge in [0.05, 0.1) is 30.3 Å². The topological polar surface area (TPSA) is 46.4 Å². The highest BCUT2D eigenvalue weighted by atomic mass is 19.4. The van der Waals surface area contributed by atoms with E-state index in [1.54, 1.807) is 12.3 Å². The summed E-state index contributed by atoms with van der Waals surface area (Å²) in [5, 5.41) is 2.30. The van der Waals surface area contributed by atoms with Crippen LogP contribution in [0.3, 0.4) is 0 Å². The highest BCUT2D eigenvalue weighted by molar-refractivity contribution is 5.82. The zero-order valence-corrected chi connectivity index (χ0v) is 17.7. The van der Waals surface area contributed by atoms with Gasteiger partial charge in [-0.15, -0.1) is 17.8 Å².